The molecule has 0 spiro atoms. The van der Waals surface area contributed by atoms with Crippen LogP contribution in [0.3, 0.4) is 0 Å². The lowest BCUT2D eigenvalue weighted by atomic mass is 10.1. The van der Waals surface area contributed by atoms with Crippen LogP contribution in [-0.2, 0) is 14.6 Å². The fourth-order valence-electron chi connectivity index (χ4n) is 2.22. The van der Waals surface area contributed by atoms with Gasteiger partial charge >= 0.3 is 5.97 Å². The second-order valence-corrected chi connectivity index (χ2v) is 7.14. The van der Waals surface area contributed by atoms with Gasteiger partial charge in [-0.15, -0.1) is 0 Å². The zero-order chi connectivity index (χ0) is 15.6. The van der Waals surface area contributed by atoms with Crippen molar-refractivity contribution in [1.29, 1.82) is 0 Å². The van der Waals surface area contributed by atoms with E-state index < -0.39 is 32.8 Å². The molecule has 21 heavy (non-hydrogen) atoms. The summed E-state index contributed by atoms with van der Waals surface area (Å²) in [5.41, 5.74) is -0.529. The molecule has 0 aliphatic carbocycles. The average molecular weight is 315 g/mol. The quantitative estimate of drug-likeness (QED) is 0.879. The first-order valence-electron chi connectivity index (χ1n) is 6.36. The Balaban J connectivity index is 2.23. The molecule has 1 heterocycles. The highest BCUT2D eigenvalue weighted by molar-refractivity contribution is 7.92. The minimum Gasteiger partial charge on any atom is -0.478 e. The van der Waals surface area contributed by atoms with Crippen molar-refractivity contribution < 1.29 is 27.5 Å². The first-order chi connectivity index (χ1) is 9.81. The summed E-state index contributed by atoms with van der Waals surface area (Å²) >= 11 is 0. The van der Waals surface area contributed by atoms with Gasteiger partial charge in [-0.05, 0) is 31.0 Å². The lowest BCUT2D eigenvalue weighted by molar-refractivity contribution is -0.116. The molecule has 1 aromatic carbocycles. The molecule has 1 saturated heterocycles. The second kappa shape index (κ2) is 5.80. The minimum absolute atomic E-state index is 0.0667. The molecular formula is C13H14FNO5S. The molecule has 1 aliphatic heterocycles. The Morgan fingerprint density at radius 3 is 2.62 bits per heavy atom. The molecule has 1 amide bonds. The van der Waals surface area contributed by atoms with Gasteiger partial charge < -0.3 is 10.4 Å². The van der Waals surface area contributed by atoms with Gasteiger partial charge in [-0.3, -0.25) is 4.79 Å². The van der Waals surface area contributed by atoms with Crippen molar-refractivity contribution in [2.75, 3.05) is 11.1 Å². The van der Waals surface area contributed by atoms with Crippen LogP contribution in [0.1, 0.15) is 29.6 Å². The van der Waals surface area contributed by atoms with E-state index in [2.05, 4.69) is 5.32 Å². The standard InChI is InChI=1S/C13H14FNO5S/c14-9-5-4-8(13(17)18)7-10(9)15-12(16)11-3-1-2-6-21(11,19)20/h4-5,7,11H,1-3,6H2,(H,15,16)(H,17,18). The van der Waals surface area contributed by atoms with Gasteiger partial charge in [0, 0.05) is 0 Å². The highest BCUT2D eigenvalue weighted by Gasteiger charge is 2.35. The van der Waals surface area contributed by atoms with Crippen molar-refractivity contribution in [2.45, 2.75) is 24.5 Å². The highest BCUT2D eigenvalue weighted by Crippen LogP contribution is 2.22. The van der Waals surface area contributed by atoms with Crippen molar-refractivity contribution in [3.05, 3.63) is 29.6 Å². The lowest BCUT2D eigenvalue weighted by Crippen LogP contribution is -2.39. The van der Waals surface area contributed by atoms with Crippen molar-refractivity contribution in [1.82, 2.24) is 0 Å². The summed E-state index contributed by atoms with van der Waals surface area (Å²) in [4.78, 5) is 22.8. The Hall–Kier alpha value is -1.96. The van der Waals surface area contributed by atoms with E-state index in [1.54, 1.807) is 0 Å². The molecule has 1 aromatic rings. The van der Waals surface area contributed by atoms with Crippen LogP contribution in [-0.4, -0.2) is 36.4 Å². The Bertz CT molecular complexity index is 686. The normalized spacial score (nSPS) is 20.7. The van der Waals surface area contributed by atoms with E-state index in [0.717, 1.165) is 18.2 Å². The van der Waals surface area contributed by atoms with Crippen LogP contribution in [0.25, 0.3) is 0 Å². The van der Waals surface area contributed by atoms with Gasteiger partial charge in [-0.25, -0.2) is 17.6 Å². The van der Waals surface area contributed by atoms with Gasteiger partial charge in [0.15, 0.2) is 9.84 Å². The van der Waals surface area contributed by atoms with Gasteiger partial charge in [0.1, 0.15) is 11.1 Å². The molecule has 1 fully saturated rings. The van der Waals surface area contributed by atoms with E-state index in [-0.39, 0.29) is 23.4 Å². The summed E-state index contributed by atoms with van der Waals surface area (Å²) in [6.45, 7) is 0. The van der Waals surface area contributed by atoms with Gasteiger partial charge in [0.05, 0.1) is 17.0 Å². The fourth-order valence-corrected chi connectivity index (χ4v) is 4.02. The largest absolute Gasteiger partial charge is 0.478 e. The van der Waals surface area contributed by atoms with E-state index >= 15 is 0 Å². The van der Waals surface area contributed by atoms with Crippen molar-refractivity contribution >= 4 is 27.4 Å². The Morgan fingerprint density at radius 2 is 2.00 bits per heavy atom. The molecule has 114 valence electrons. The summed E-state index contributed by atoms with van der Waals surface area (Å²) in [6.07, 6.45) is 1.30. The predicted octanol–water partition coefficient (Wildman–Crippen LogP) is 1.43. The zero-order valence-corrected chi connectivity index (χ0v) is 11.8. The van der Waals surface area contributed by atoms with E-state index in [4.69, 9.17) is 5.11 Å². The molecule has 2 rings (SSSR count). The summed E-state index contributed by atoms with van der Waals surface area (Å²) in [5.74, 6) is -2.98. The van der Waals surface area contributed by atoms with Crippen molar-refractivity contribution in [3.63, 3.8) is 0 Å². The first-order valence-corrected chi connectivity index (χ1v) is 8.08. The zero-order valence-electron chi connectivity index (χ0n) is 11.0. The number of rotatable bonds is 3. The summed E-state index contributed by atoms with van der Waals surface area (Å²) in [7, 11) is -3.53. The monoisotopic (exact) mass is 315 g/mol. The van der Waals surface area contributed by atoms with Crippen LogP contribution >= 0.6 is 0 Å². The molecule has 1 aliphatic rings. The van der Waals surface area contributed by atoms with E-state index in [1.807, 2.05) is 0 Å². The number of carbonyl (C=O) groups excluding carboxylic acids is 1. The van der Waals surface area contributed by atoms with Crippen LogP contribution in [0.4, 0.5) is 10.1 Å². The Labute approximate surface area is 120 Å². The van der Waals surface area contributed by atoms with Gasteiger partial charge in [0.2, 0.25) is 5.91 Å². The molecule has 0 saturated carbocycles. The van der Waals surface area contributed by atoms with Crippen molar-refractivity contribution in [2.24, 2.45) is 0 Å². The number of carboxylic acids is 1. The number of hydrogen-bond acceptors (Lipinski definition) is 4. The van der Waals surface area contributed by atoms with Gasteiger partial charge in [-0.2, -0.15) is 0 Å². The molecule has 1 unspecified atom stereocenters. The third-order valence-electron chi connectivity index (χ3n) is 3.34. The molecular weight excluding hydrogens is 301 g/mol. The number of amides is 1. The van der Waals surface area contributed by atoms with Crippen molar-refractivity contribution in [3.8, 4) is 0 Å². The van der Waals surface area contributed by atoms with Gasteiger partial charge in [-0.1, -0.05) is 6.42 Å². The molecule has 0 radical (unpaired) electrons. The van der Waals surface area contributed by atoms with Gasteiger partial charge in [0.25, 0.3) is 0 Å². The number of nitrogens with one attached hydrogen (secondary N) is 1. The third kappa shape index (κ3) is 3.38. The first kappa shape index (κ1) is 15.4. The van der Waals surface area contributed by atoms with E-state index in [1.165, 1.54) is 0 Å². The molecule has 1 atom stereocenters. The molecule has 8 heteroatoms. The number of halogens is 1. The number of carboxylic acid groups (broad SMARTS) is 1. The Kier molecular flexibility index (Phi) is 4.26. The lowest BCUT2D eigenvalue weighted by Gasteiger charge is -2.21. The van der Waals surface area contributed by atoms with Crippen LogP contribution < -0.4 is 5.32 Å². The van der Waals surface area contributed by atoms with Crippen LogP contribution in [0.15, 0.2) is 18.2 Å². The predicted molar refractivity (Wildman–Crippen MR) is 73.4 cm³/mol. The van der Waals surface area contributed by atoms with Crippen LogP contribution in [0, 0.1) is 5.82 Å². The maximum atomic E-state index is 13.6. The highest BCUT2D eigenvalue weighted by atomic mass is 32.2. The number of carbonyl (C=O) groups is 2. The molecule has 0 aromatic heterocycles. The van der Waals surface area contributed by atoms with Crippen LogP contribution in [0.2, 0.25) is 0 Å². The van der Waals surface area contributed by atoms with E-state index in [9.17, 15) is 22.4 Å². The maximum Gasteiger partial charge on any atom is 0.335 e. The average Bonchev–Trinajstić information content (AvgIpc) is 2.40. The topological polar surface area (TPSA) is 101 Å². The number of hydrogen-bond donors (Lipinski definition) is 2. The van der Waals surface area contributed by atoms with E-state index in [0.29, 0.717) is 12.8 Å². The van der Waals surface area contributed by atoms with Crippen LogP contribution in [0.5, 0.6) is 0 Å². The fraction of sp³-hybridized carbons (Fsp3) is 0.385. The number of aromatic carboxylic acids is 1. The summed E-state index contributed by atoms with van der Waals surface area (Å²) < 4.78 is 37.2. The molecule has 6 nitrogen and oxygen atoms in total. The minimum atomic E-state index is -3.53. The number of anilines is 1. The molecule has 0 bridgehead atoms. The second-order valence-electron chi connectivity index (χ2n) is 4.84. The number of benzene rings is 1. The molecule has 2 N–H and O–H groups in total. The SMILES string of the molecule is O=C(O)c1ccc(F)c(NC(=O)C2CCCCS2(=O)=O)c1. The Morgan fingerprint density at radius 1 is 1.29 bits per heavy atom. The maximum absolute atomic E-state index is 13.6. The third-order valence-corrected chi connectivity index (χ3v) is 5.52. The summed E-state index contributed by atoms with van der Waals surface area (Å²) in [6, 6.07) is 2.93. The number of sulfone groups is 1. The summed E-state index contributed by atoms with van der Waals surface area (Å²) in [5, 5.41) is 9.80. The smallest absolute Gasteiger partial charge is 0.335 e.